The van der Waals surface area contributed by atoms with Crippen molar-refractivity contribution in [2.45, 2.75) is 27.7 Å². The Morgan fingerprint density at radius 3 is 2.20 bits per heavy atom. The second-order valence-electron chi connectivity index (χ2n) is 3.64. The molecule has 0 amide bonds. The summed E-state index contributed by atoms with van der Waals surface area (Å²) >= 11 is 0. The van der Waals surface area contributed by atoms with Gasteiger partial charge in [-0.15, -0.1) is 0 Å². The minimum atomic E-state index is 0.743. The van der Waals surface area contributed by atoms with Crippen molar-refractivity contribution in [2.24, 2.45) is 4.99 Å². The van der Waals surface area contributed by atoms with Gasteiger partial charge in [0.05, 0.1) is 6.54 Å². The third kappa shape index (κ3) is 5.84. The minimum absolute atomic E-state index is 0.743. The van der Waals surface area contributed by atoms with E-state index in [2.05, 4.69) is 44.1 Å². The van der Waals surface area contributed by atoms with Gasteiger partial charge in [0.2, 0.25) is 0 Å². The SMILES string of the molecule is C=C(C)C(=C)/C=C(C)\C(C)=C/C/N=C\C. The number of nitrogens with zero attached hydrogens (tertiary/aromatic N) is 1. The van der Waals surface area contributed by atoms with Crippen LogP contribution >= 0.6 is 0 Å². The van der Waals surface area contributed by atoms with Crippen LogP contribution in [0, 0.1) is 0 Å². The van der Waals surface area contributed by atoms with Crippen LogP contribution in [0.2, 0.25) is 0 Å². The van der Waals surface area contributed by atoms with E-state index in [1.54, 1.807) is 0 Å². The molecule has 0 bridgehead atoms. The summed E-state index contributed by atoms with van der Waals surface area (Å²) in [6.07, 6.45) is 5.98. The molecule has 0 saturated carbocycles. The van der Waals surface area contributed by atoms with Crippen molar-refractivity contribution in [2.75, 3.05) is 6.54 Å². The summed E-state index contributed by atoms with van der Waals surface area (Å²) in [7, 11) is 0. The number of hydrogen-bond acceptors (Lipinski definition) is 1. The minimum Gasteiger partial charge on any atom is -0.294 e. The van der Waals surface area contributed by atoms with Gasteiger partial charge in [-0.05, 0) is 45.1 Å². The lowest BCUT2D eigenvalue weighted by molar-refractivity contribution is 1.20. The third-order valence-electron chi connectivity index (χ3n) is 2.25. The zero-order valence-electron chi connectivity index (χ0n) is 10.3. The van der Waals surface area contributed by atoms with Crippen LogP contribution in [-0.2, 0) is 0 Å². The van der Waals surface area contributed by atoms with Crippen LogP contribution < -0.4 is 0 Å². The molecular weight excluding hydrogens is 182 g/mol. The van der Waals surface area contributed by atoms with Gasteiger partial charge in [-0.2, -0.15) is 0 Å². The van der Waals surface area contributed by atoms with Gasteiger partial charge in [0.25, 0.3) is 0 Å². The zero-order valence-corrected chi connectivity index (χ0v) is 10.3. The Morgan fingerprint density at radius 1 is 1.13 bits per heavy atom. The smallest absolute Gasteiger partial charge is 0.0571 e. The predicted molar refractivity (Wildman–Crippen MR) is 70.5 cm³/mol. The molecule has 0 aliphatic rings. The van der Waals surface area contributed by atoms with Gasteiger partial charge < -0.3 is 0 Å². The van der Waals surface area contributed by atoms with Crippen LogP contribution in [-0.4, -0.2) is 12.8 Å². The van der Waals surface area contributed by atoms with Crippen molar-refractivity contribution in [3.63, 3.8) is 0 Å². The summed E-state index contributed by atoms with van der Waals surface area (Å²) in [6.45, 7) is 16.6. The maximum atomic E-state index is 4.14. The fourth-order valence-electron chi connectivity index (χ4n) is 0.954. The largest absolute Gasteiger partial charge is 0.294 e. The Morgan fingerprint density at radius 2 is 1.73 bits per heavy atom. The Balaban J connectivity index is 4.56. The van der Waals surface area contributed by atoms with E-state index >= 15 is 0 Å². The van der Waals surface area contributed by atoms with E-state index in [0.717, 1.165) is 17.7 Å². The highest BCUT2D eigenvalue weighted by Crippen LogP contribution is 2.14. The second kappa shape index (κ2) is 6.99. The van der Waals surface area contributed by atoms with E-state index < -0.39 is 0 Å². The highest BCUT2D eigenvalue weighted by molar-refractivity contribution is 5.53. The maximum absolute atomic E-state index is 4.14. The lowest BCUT2D eigenvalue weighted by atomic mass is 10.0. The molecule has 0 atom stereocenters. The maximum Gasteiger partial charge on any atom is 0.0571 e. The van der Waals surface area contributed by atoms with Crippen molar-refractivity contribution in [3.05, 3.63) is 47.6 Å². The van der Waals surface area contributed by atoms with Crippen molar-refractivity contribution in [3.8, 4) is 0 Å². The molecule has 0 aliphatic carbocycles. The quantitative estimate of drug-likeness (QED) is 0.471. The van der Waals surface area contributed by atoms with Crippen molar-refractivity contribution < 1.29 is 0 Å². The zero-order chi connectivity index (χ0) is 11.8. The van der Waals surface area contributed by atoms with Crippen LogP contribution in [0.4, 0.5) is 0 Å². The highest BCUT2D eigenvalue weighted by atomic mass is 14.7. The molecule has 0 fully saturated rings. The molecule has 82 valence electrons. The number of allylic oxidation sites excluding steroid dienone is 5. The summed E-state index contributed by atoms with van der Waals surface area (Å²) in [5, 5.41) is 0. The normalized spacial score (nSPS) is 13.3. The summed E-state index contributed by atoms with van der Waals surface area (Å²) in [5.74, 6) is 0. The Kier molecular flexibility index (Phi) is 6.35. The van der Waals surface area contributed by atoms with E-state index in [-0.39, 0.29) is 0 Å². The van der Waals surface area contributed by atoms with Gasteiger partial charge >= 0.3 is 0 Å². The molecule has 0 heterocycles. The van der Waals surface area contributed by atoms with E-state index in [0.29, 0.717) is 0 Å². The molecule has 0 spiro atoms. The van der Waals surface area contributed by atoms with E-state index in [1.807, 2.05) is 20.1 Å². The first-order valence-corrected chi connectivity index (χ1v) is 5.13. The molecule has 1 heteroatoms. The molecule has 0 radical (unpaired) electrons. The molecule has 0 N–H and O–H groups in total. The van der Waals surface area contributed by atoms with Crippen molar-refractivity contribution in [1.82, 2.24) is 0 Å². The Bertz CT molecular complexity index is 327. The number of rotatable bonds is 5. The highest BCUT2D eigenvalue weighted by Gasteiger charge is 1.95. The first-order chi connectivity index (χ1) is 6.99. The summed E-state index contributed by atoms with van der Waals surface area (Å²) in [5.41, 5.74) is 4.45. The predicted octanol–water partition coefficient (Wildman–Crippen LogP) is 4.10. The van der Waals surface area contributed by atoms with Gasteiger partial charge in [0, 0.05) is 0 Å². The summed E-state index contributed by atoms with van der Waals surface area (Å²) < 4.78 is 0. The van der Waals surface area contributed by atoms with Gasteiger partial charge in [-0.1, -0.05) is 36.5 Å². The summed E-state index contributed by atoms with van der Waals surface area (Å²) in [4.78, 5) is 4.14. The van der Waals surface area contributed by atoms with Crippen LogP contribution in [0.1, 0.15) is 27.7 Å². The fourth-order valence-corrected chi connectivity index (χ4v) is 0.954. The average Bonchev–Trinajstić information content (AvgIpc) is 2.17. The molecule has 0 aromatic heterocycles. The first-order valence-electron chi connectivity index (χ1n) is 5.13. The Hall–Kier alpha value is -1.37. The topological polar surface area (TPSA) is 12.4 Å². The number of aliphatic imine (C=N–C) groups is 1. The third-order valence-corrected chi connectivity index (χ3v) is 2.25. The second-order valence-corrected chi connectivity index (χ2v) is 3.64. The molecular formula is C14H21N. The van der Waals surface area contributed by atoms with Gasteiger partial charge in [0.15, 0.2) is 0 Å². The fraction of sp³-hybridized carbons (Fsp3) is 0.357. The van der Waals surface area contributed by atoms with Gasteiger partial charge in [-0.25, -0.2) is 0 Å². The van der Waals surface area contributed by atoms with Gasteiger partial charge in [-0.3, -0.25) is 4.99 Å². The molecule has 15 heavy (non-hydrogen) atoms. The molecule has 0 aromatic carbocycles. The Labute approximate surface area is 93.6 Å². The first kappa shape index (κ1) is 13.6. The van der Waals surface area contributed by atoms with Crippen LogP contribution in [0.3, 0.4) is 0 Å². The molecule has 0 rings (SSSR count). The van der Waals surface area contributed by atoms with Crippen molar-refractivity contribution in [1.29, 1.82) is 0 Å². The molecule has 0 unspecified atom stereocenters. The average molecular weight is 203 g/mol. The lowest BCUT2D eigenvalue weighted by Gasteiger charge is -2.03. The molecule has 0 saturated heterocycles. The lowest BCUT2D eigenvalue weighted by Crippen LogP contribution is -1.85. The van der Waals surface area contributed by atoms with Gasteiger partial charge in [0.1, 0.15) is 0 Å². The molecule has 0 aromatic rings. The van der Waals surface area contributed by atoms with Crippen LogP contribution in [0.5, 0.6) is 0 Å². The summed E-state index contributed by atoms with van der Waals surface area (Å²) in [6, 6.07) is 0. The van der Waals surface area contributed by atoms with E-state index in [1.165, 1.54) is 11.1 Å². The van der Waals surface area contributed by atoms with Crippen LogP contribution in [0.25, 0.3) is 0 Å². The van der Waals surface area contributed by atoms with Crippen molar-refractivity contribution >= 4 is 6.21 Å². The molecule has 1 nitrogen and oxygen atoms in total. The number of hydrogen-bond donors (Lipinski definition) is 0. The monoisotopic (exact) mass is 203 g/mol. The standard InChI is InChI=1S/C14H21N/c1-7-15-9-8-12(4)14(6)10-13(5)11(2)3/h7-8,10H,2,5,9H2,1,3-4,6H3/b12-8-,14-10-,15-7-. The van der Waals surface area contributed by atoms with E-state index in [4.69, 9.17) is 0 Å². The van der Waals surface area contributed by atoms with E-state index in [9.17, 15) is 0 Å². The van der Waals surface area contributed by atoms with Crippen LogP contribution in [0.15, 0.2) is 52.6 Å². The molecule has 0 aliphatic heterocycles.